The Labute approximate surface area is 97.8 Å². The third-order valence-electron chi connectivity index (χ3n) is 2.91. The lowest BCUT2D eigenvalue weighted by Crippen LogP contribution is -2.47. The van der Waals surface area contributed by atoms with Crippen LogP contribution in [0.4, 0.5) is 0 Å². The maximum Gasteiger partial charge on any atom is 0.128 e. The molecule has 1 aliphatic heterocycles. The second kappa shape index (κ2) is 4.23. The number of nitrogens with one attached hydrogen (secondary N) is 1. The van der Waals surface area contributed by atoms with Crippen LogP contribution in [-0.4, -0.2) is 33.6 Å². The molecule has 0 bridgehead atoms. The van der Waals surface area contributed by atoms with Crippen LogP contribution in [0.2, 0.25) is 0 Å². The lowest BCUT2D eigenvalue weighted by Gasteiger charge is -2.32. The molecule has 0 aliphatic carbocycles. The van der Waals surface area contributed by atoms with Crippen molar-refractivity contribution in [2.45, 2.75) is 24.9 Å². The van der Waals surface area contributed by atoms with Crippen molar-refractivity contribution in [1.82, 2.24) is 15.1 Å². The number of aryl methyl sites for hydroxylation is 1. The van der Waals surface area contributed by atoms with Gasteiger partial charge in [-0.05, 0) is 41.4 Å². The number of piperidine rings is 1. The zero-order chi connectivity index (χ0) is 10.9. The number of hydrogen-bond donors (Lipinski definition) is 2. The normalized spacial score (nSPS) is 26.9. The number of rotatable bonds is 2. The van der Waals surface area contributed by atoms with Crippen LogP contribution < -0.4 is 5.32 Å². The molecule has 1 aromatic rings. The van der Waals surface area contributed by atoms with Crippen molar-refractivity contribution in [3.63, 3.8) is 0 Å². The minimum atomic E-state index is -0.606. The Bertz CT molecular complexity index is 344. The van der Waals surface area contributed by atoms with Crippen LogP contribution in [0.3, 0.4) is 0 Å². The van der Waals surface area contributed by atoms with E-state index in [1.165, 1.54) is 0 Å². The minimum Gasteiger partial charge on any atom is -0.388 e. The largest absolute Gasteiger partial charge is 0.388 e. The maximum atomic E-state index is 10.3. The predicted octanol–water partition coefficient (Wildman–Crippen LogP) is 0.840. The number of aliphatic hydroxyl groups is 1. The van der Waals surface area contributed by atoms with E-state index in [9.17, 15) is 5.11 Å². The molecule has 0 spiro atoms. The summed E-state index contributed by atoms with van der Waals surface area (Å²) < 4.78 is 2.64. The molecule has 1 fully saturated rings. The van der Waals surface area contributed by atoms with E-state index < -0.39 is 5.60 Å². The van der Waals surface area contributed by atoms with Crippen molar-refractivity contribution in [2.24, 2.45) is 7.05 Å². The van der Waals surface area contributed by atoms with Crippen molar-refractivity contribution in [1.29, 1.82) is 0 Å². The Balaban J connectivity index is 2.09. The molecule has 2 rings (SSSR count). The standard InChI is InChI=1S/C10H16BrN3O/c1-14-8(5-9(11)13-14)6-10(15)3-2-4-12-7-10/h5,12,15H,2-4,6-7H2,1H3. The molecular formula is C10H16BrN3O. The second-order valence-corrected chi connectivity index (χ2v) is 5.08. The smallest absolute Gasteiger partial charge is 0.128 e. The highest BCUT2D eigenvalue weighted by atomic mass is 79.9. The Hall–Kier alpha value is -0.390. The van der Waals surface area contributed by atoms with Gasteiger partial charge < -0.3 is 10.4 Å². The van der Waals surface area contributed by atoms with Crippen LogP contribution in [0.25, 0.3) is 0 Å². The summed E-state index contributed by atoms with van der Waals surface area (Å²) in [5.74, 6) is 0. The third-order valence-corrected chi connectivity index (χ3v) is 3.29. The molecule has 84 valence electrons. The summed E-state index contributed by atoms with van der Waals surface area (Å²) in [5, 5.41) is 17.8. The Kier molecular flexibility index (Phi) is 3.13. The summed E-state index contributed by atoms with van der Waals surface area (Å²) in [7, 11) is 1.90. The van der Waals surface area contributed by atoms with E-state index in [2.05, 4.69) is 26.3 Å². The molecule has 1 saturated heterocycles. The van der Waals surface area contributed by atoms with Gasteiger partial charge in [-0.25, -0.2) is 0 Å². The second-order valence-electron chi connectivity index (χ2n) is 4.26. The summed E-state index contributed by atoms with van der Waals surface area (Å²) in [6.07, 6.45) is 2.56. The molecule has 2 heterocycles. The number of hydrogen-bond acceptors (Lipinski definition) is 3. The number of nitrogens with zero attached hydrogens (tertiary/aromatic N) is 2. The topological polar surface area (TPSA) is 50.1 Å². The monoisotopic (exact) mass is 273 g/mol. The molecule has 1 atom stereocenters. The van der Waals surface area contributed by atoms with Gasteiger partial charge in [-0.1, -0.05) is 0 Å². The van der Waals surface area contributed by atoms with Crippen molar-refractivity contribution in [3.8, 4) is 0 Å². The van der Waals surface area contributed by atoms with E-state index in [0.717, 1.165) is 29.7 Å². The Morgan fingerprint density at radius 1 is 1.73 bits per heavy atom. The van der Waals surface area contributed by atoms with Gasteiger partial charge in [0.1, 0.15) is 4.60 Å². The Morgan fingerprint density at radius 2 is 2.53 bits per heavy atom. The molecule has 5 heteroatoms. The fraction of sp³-hybridized carbons (Fsp3) is 0.700. The summed E-state index contributed by atoms with van der Waals surface area (Å²) >= 11 is 3.34. The van der Waals surface area contributed by atoms with Gasteiger partial charge in [0.25, 0.3) is 0 Å². The van der Waals surface area contributed by atoms with Crippen LogP contribution in [0.5, 0.6) is 0 Å². The van der Waals surface area contributed by atoms with Gasteiger partial charge in [-0.2, -0.15) is 5.10 Å². The molecule has 4 nitrogen and oxygen atoms in total. The molecule has 15 heavy (non-hydrogen) atoms. The van der Waals surface area contributed by atoms with Gasteiger partial charge in [0.2, 0.25) is 0 Å². The van der Waals surface area contributed by atoms with Gasteiger partial charge in [-0.3, -0.25) is 4.68 Å². The van der Waals surface area contributed by atoms with Gasteiger partial charge >= 0.3 is 0 Å². The predicted molar refractivity (Wildman–Crippen MR) is 61.7 cm³/mol. The molecule has 0 radical (unpaired) electrons. The van der Waals surface area contributed by atoms with Gasteiger partial charge in [0.05, 0.1) is 5.60 Å². The van der Waals surface area contributed by atoms with Crippen LogP contribution in [0.1, 0.15) is 18.5 Å². The SMILES string of the molecule is Cn1nc(Br)cc1CC1(O)CCCNC1. The van der Waals surface area contributed by atoms with Crippen LogP contribution >= 0.6 is 15.9 Å². The van der Waals surface area contributed by atoms with E-state index in [-0.39, 0.29) is 0 Å². The first-order chi connectivity index (χ1) is 7.09. The van der Waals surface area contributed by atoms with E-state index >= 15 is 0 Å². The van der Waals surface area contributed by atoms with Crippen molar-refractivity contribution < 1.29 is 5.11 Å². The number of aromatic nitrogens is 2. The lowest BCUT2D eigenvalue weighted by molar-refractivity contribution is 0.0153. The Morgan fingerprint density at radius 3 is 3.07 bits per heavy atom. The molecule has 2 N–H and O–H groups in total. The summed E-state index contributed by atoms with van der Waals surface area (Å²) in [6, 6.07) is 1.96. The fourth-order valence-electron chi connectivity index (χ4n) is 2.07. The first kappa shape index (κ1) is 11.1. The van der Waals surface area contributed by atoms with E-state index in [0.29, 0.717) is 13.0 Å². The molecule has 1 aliphatic rings. The van der Waals surface area contributed by atoms with Crippen LogP contribution in [0, 0.1) is 0 Å². The molecule has 0 amide bonds. The van der Waals surface area contributed by atoms with E-state index in [1.807, 2.05) is 17.8 Å². The highest BCUT2D eigenvalue weighted by molar-refractivity contribution is 9.10. The average Bonchev–Trinajstić information content (AvgIpc) is 2.45. The first-order valence-corrected chi connectivity index (χ1v) is 6.00. The quantitative estimate of drug-likeness (QED) is 0.840. The highest BCUT2D eigenvalue weighted by Gasteiger charge is 2.30. The van der Waals surface area contributed by atoms with Crippen LogP contribution in [0.15, 0.2) is 10.7 Å². The summed E-state index contributed by atoms with van der Waals surface area (Å²) in [6.45, 7) is 1.69. The van der Waals surface area contributed by atoms with Gasteiger partial charge in [-0.15, -0.1) is 0 Å². The highest BCUT2D eigenvalue weighted by Crippen LogP contribution is 2.22. The molecular weight excluding hydrogens is 258 g/mol. The molecule has 1 aromatic heterocycles. The fourth-order valence-corrected chi connectivity index (χ4v) is 2.57. The van der Waals surface area contributed by atoms with Gasteiger partial charge in [0.15, 0.2) is 0 Å². The minimum absolute atomic E-state index is 0.606. The summed E-state index contributed by atoms with van der Waals surface area (Å²) in [4.78, 5) is 0. The molecule has 1 unspecified atom stereocenters. The van der Waals surface area contributed by atoms with E-state index in [4.69, 9.17) is 0 Å². The van der Waals surface area contributed by atoms with Crippen molar-refractivity contribution in [2.75, 3.05) is 13.1 Å². The molecule has 0 aromatic carbocycles. The lowest BCUT2D eigenvalue weighted by atomic mass is 9.89. The number of halogens is 1. The van der Waals surface area contributed by atoms with E-state index in [1.54, 1.807) is 0 Å². The van der Waals surface area contributed by atoms with Crippen molar-refractivity contribution >= 4 is 15.9 Å². The van der Waals surface area contributed by atoms with Crippen molar-refractivity contribution in [3.05, 3.63) is 16.4 Å². The van der Waals surface area contributed by atoms with Gasteiger partial charge in [0, 0.05) is 25.7 Å². The maximum absolute atomic E-state index is 10.3. The average molecular weight is 274 g/mol. The number of β-amino-alcohol motifs (C(OH)–C–C–N with tert-alkyl or cyclic N) is 1. The first-order valence-electron chi connectivity index (χ1n) is 5.21. The zero-order valence-electron chi connectivity index (χ0n) is 8.83. The summed E-state index contributed by atoms with van der Waals surface area (Å²) in [5.41, 5.74) is 0.457. The van der Waals surface area contributed by atoms with Crippen LogP contribution in [-0.2, 0) is 13.5 Å². The third kappa shape index (κ3) is 2.59. The zero-order valence-corrected chi connectivity index (χ0v) is 10.4. The molecule has 0 saturated carbocycles.